The van der Waals surface area contributed by atoms with Crippen LogP contribution in [-0.4, -0.2) is 20.1 Å². The fraction of sp³-hybridized carbons (Fsp3) is 0.0385. The van der Waals surface area contributed by atoms with Gasteiger partial charge < -0.3 is 10.0 Å². The van der Waals surface area contributed by atoms with Gasteiger partial charge in [-0.15, -0.1) is 0 Å². The topological polar surface area (TPSA) is 62.1 Å². The molecule has 0 unspecified atom stereocenters. The quantitative estimate of drug-likeness (QED) is 0.263. The number of aromatic nitrogens is 3. The lowest BCUT2D eigenvalue weighted by atomic mass is 10.1. The number of fused-ring (bicyclic) bond motifs is 1. The van der Waals surface area contributed by atoms with Crippen LogP contribution in [-0.2, 0) is 6.54 Å². The molecule has 162 valence electrons. The second-order valence-electron chi connectivity index (χ2n) is 7.35. The van der Waals surface area contributed by atoms with Gasteiger partial charge in [0, 0.05) is 27.0 Å². The lowest BCUT2D eigenvalue weighted by Crippen LogP contribution is -2.19. The largest absolute Gasteiger partial charge is 0.508 e. The molecule has 1 N–H and O–H groups in total. The van der Waals surface area contributed by atoms with E-state index in [1.54, 1.807) is 36.4 Å². The molecular formula is C26H19BrN4OS. The summed E-state index contributed by atoms with van der Waals surface area (Å²) in [4.78, 5) is 17.8. The molecule has 5 nitrogen and oxygen atoms in total. The van der Waals surface area contributed by atoms with Gasteiger partial charge >= 0.3 is 0 Å². The van der Waals surface area contributed by atoms with Gasteiger partial charge in [-0.25, -0.2) is 15.0 Å². The van der Waals surface area contributed by atoms with E-state index >= 15 is 0 Å². The Morgan fingerprint density at radius 2 is 1.61 bits per heavy atom. The highest BCUT2D eigenvalue weighted by atomic mass is 79.9. The number of anilines is 2. The van der Waals surface area contributed by atoms with E-state index in [1.165, 1.54) is 0 Å². The molecule has 0 spiro atoms. The molecule has 7 heteroatoms. The summed E-state index contributed by atoms with van der Waals surface area (Å²) in [7, 11) is 0. The van der Waals surface area contributed by atoms with Crippen molar-refractivity contribution in [3.05, 3.63) is 107 Å². The molecule has 0 bridgehead atoms. The zero-order chi connectivity index (χ0) is 22.6. The van der Waals surface area contributed by atoms with Crippen LogP contribution in [0.2, 0.25) is 0 Å². The maximum absolute atomic E-state index is 9.66. The summed E-state index contributed by atoms with van der Waals surface area (Å²) in [6, 6.07) is 27.7. The van der Waals surface area contributed by atoms with Crippen LogP contribution < -0.4 is 4.90 Å². The minimum absolute atomic E-state index is 0.254. The molecule has 0 aliphatic carbocycles. The van der Waals surface area contributed by atoms with Crippen molar-refractivity contribution < 1.29 is 5.11 Å². The zero-order valence-corrected chi connectivity index (χ0v) is 19.9. The highest BCUT2D eigenvalue weighted by Crippen LogP contribution is 2.40. The molecule has 0 saturated carbocycles. The van der Waals surface area contributed by atoms with Crippen LogP contribution >= 0.6 is 27.7 Å². The Balaban J connectivity index is 1.63. The second kappa shape index (κ2) is 9.60. The van der Waals surface area contributed by atoms with Gasteiger partial charge in [0.2, 0.25) is 0 Å². The van der Waals surface area contributed by atoms with Gasteiger partial charge in [0.15, 0.2) is 5.65 Å². The fourth-order valence-electron chi connectivity index (χ4n) is 3.55. The van der Waals surface area contributed by atoms with Crippen LogP contribution in [0.4, 0.5) is 11.5 Å². The Kier molecular flexibility index (Phi) is 6.24. The van der Waals surface area contributed by atoms with E-state index in [9.17, 15) is 5.11 Å². The minimum atomic E-state index is 0.254. The lowest BCUT2D eigenvalue weighted by Gasteiger charge is -2.27. The number of hydrogen-bond acceptors (Lipinski definition) is 6. The zero-order valence-electron chi connectivity index (χ0n) is 17.5. The van der Waals surface area contributed by atoms with E-state index in [4.69, 9.17) is 0 Å². The molecule has 33 heavy (non-hydrogen) atoms. The van der Waals surface area contributed by atoms with Crippen molar-refractivity contribution in [2.24, 2.45) is 0 Å². The fourth-order valence-corrected chi connectivity index (χ4v) is 4.77. The smallest absolute Gasteiger partial charge is 0.164 e. The van der Waals surface area contributed by atoms with E-state index in [0.29, 0.717) is 12.2 Å². The molecule has 5 aromatic rings. The van der Waals surface area contributed by atoms with Crippen LogP contribution in [0, 0.1) is 0 Å². The van der Waals surface area contributed by atoms with Gasteiger partial charge in [0.05, 0.1) is 11.1 Å². The van der Waals surface area contributed by atoms with Gasteiger partial charge in [-0.3, -0.25) is 0 Å². The highest BCUT2D eigenvalue weighted by Gasteiger charge is 2.19. The third-order valence-corrected chi connectivity index (χ3v) is 6.72. The maximum atomic E-state index is 9.66. The molecule has 5 rings (SSSR count). The third-order valence-electron chi connectivity index (χ3n) is 5.12. The van der Waals surface area contributed by atoms with E-state index in [2.05, 4.69) is 60.0 Å². The predicted octanol–water partition coefficient (Wildman–Crippen LogP) is 6.98. The summed E-state index contributed by atoms with van der Waals surface area (Å²) in [5.74, 6) is 1.05. The SMILES string of the molecule is Oc1ccc(Sc2ccccc2N(Cc2ccc(Br)cc2)c2ncnc3ncccc23)cc1. The van der Waals surface area contributed by atoms with E-state index in [1.807, 2.05) is 48.5 Å². The number of halogens is 1. The monoisotopic (exact) mass is 514 g/mol. The predicted molar refractivity (Wildman–Crippen MR) is 136 cm³/mol. The molecule has 2 aromatic heterocycles. The molecule has 0 fully saturated rings. The summed E-state index contributed by atoms with van der Waals surface area (Å²) in [5, 5.41) is 10.5. The molecule has 2 heterocycles. The van der Waals surface area contributed by atoms with Crippen molar-refractivity contribution in [2.45, 2.75) is 16.3 Å². The minimum Gasteiger partial charge on any atom is -0.508 e. The van der Waals surface area contributed by atoms with Crippen LogP contribution in [0.25, 0.3) is 11.0 Å². The van der Waals surface area contributed by atoms with Crippen LogP contribution in [0.15, 0.2) is 112 Å². The van der Waals surface area contributed by atoms with Crippen molar-refractivity contribution in [3.63, 3.8) is 0 Å². The summed E-state index contributed by atoms with van der Waals surface area (Å²) < 4.78 is 1.04. The van der Waals surface area contributed by atoms with Crippen molar-refractivity contribution in [1.29, 1.82) is 0 Å². The summed E-state index contributed by atoms with van der Waals surface area (Å²) >= 11 is 5.17. The maximum Gasteiger partial charge on any atom is 0.164 e. The van der Waals surface area contributed by atoms with Crippen LogP contribution in [0.3, 0.4) is 0 Å². The number of nitrogens with zero attached hydrogens (tertiary/aromatic N) is 4. The molecule has 0 amide bonds. The number of phenolic OH excluding ortho intramolecular Hbond substituents is 1. The number of benzene rings is 3. The normalized spacial score (nSPS) is 10.9. The number of pyridine rings is 1. The van der Waals surface area contributed by atoms with Crippen molar-refractivity contribution >= 4 is 50.2 Å². The molecular weight excluding hydrogens is 496 g/mol. The number of aromatic hydroxyl groups is 1. The van der Waals surface area contributed by atoms with Crippen molar-refractivity contribution in [1.82, 2.24) is 15.0 Å². The van der Waals surface area contributed by atoms with Gasteiger partial charge in [-0.1, -0.05) is 52.0 Å². The lowest BCUT2D eigenvalue weighted by molar-refractivity contribution is 0.475. The van der Waals surface area contributed by atoms with Gasteiger partial charge in [-0.05, 0) is 66.2 Å². The Bertz CT molecular complexity index is 1390. The molecule has 0 aliphatic rings. The van der Waals surface area contributed by atoms with Gasteiger partial charge in [0.1, 0.15) is 17.9 Å². The first-order valence-corrected chi connectivity index (χ1v) is 11.9. The van der Waals surface area contributed by atoms with E-state index in [-0.39, 0.29) is 5.75 Å². The molecule has 3 aromatic carbocycles. The first-order valence-electron chi connectivity index (χ1n) is 10.3. The van der Waals surface area contributed by atoms with Gasteiger partial charge in [0.25, 0.3) is 0 Å². The summed E-state index contributed by atoms with van der Waals surface area (Å²) in [6.45, 7) is 0.626. The number of para-hydroxylation sites is 1. The Labute approximate surface area is 204 Å². The molecule has 0 radical (unpaired) electrons. The van der Waals surface area contributed by atoms with Crippen LogP contribution in [0.5, 0.6) is 5.75 Å². The number of phenols is 1. The van der Waals surface area contributed by atoms with E-state index < -0.39 is 0 Å². The number of rotatable bonds is 6. The number of hydrogen-bond donors (Lipinski definition) is 1. The summed E-state index contributed by atoms with van der Waals surface area (Å²) in [5.41, 5.74) is 2.84. The van der Waals surface area contributed by atoms with Crippen LogP contribution in [0.1, 0.15) is 5.56 Å². The average Bonchev–Trinajstić information content (AvgIpc) is 2.85. The van der Waals surface area contributed by atoms with Gasteiger partial charge in [-0.2, -0.15) is 0 Å². The second-order valence-corrected chi connectivity index (χ2v) is 9.38. The molecule has 0 aliphatic heterocycles. The Hall–Kier alpha value is -3.42. The third kappa shape index (κ3) is 4.84. The van der Waals surface area contributed by atoms with Crippen molar-refractivity contribution in [3.8, 4) is 5.75 Å². The summed E-state index contributed by atoms with van der Waals surface area (Å²) in [6.07, 6.45) is 3.31. The molecule has 0 atom stereocenters. The Morgan fingerprint density at radius 1 is 0.818 bits per heavy atom. The van der Waals surface area contributed by atoms with E-state index in [0.717, 1.165) is 36.7 Å². The first kappa shape index (κ1) is 21.4. The average molecular weight is 515 g/mol. The molecule has 0 saturated heterocycles. The highest BCUT2D eigenvalue weighted by molar-refractivity contribution is 9.10. The Morgan fingerprint density at radius 3 is 2.42 bits per heavy atom. The van der Waals surface area contributed by atoms with Crippen molar-refractivity contribution in [2.75, 3.05) is 4.90 Å². The standard InChI is InChI=1S/C26H19BrN4OS/c27-19-9-7-18(8-10-19)16-31(26-22-4-3-15-28-25(22)29-17-30-26)23-5-1-2-6-24(23)33-21-13-11-20(32)12-14-21/h1-15,17,32H,16H2. The first-order chi connectivity index (χ1) is 16.2.